The lowest BCUT2D eigenvalue weighted by molar-refractivity contribution is 0.102. The van der Waals surface area contributed by atoms with Crippen molar-refractivity contribution >= 4 is 17.2 Å². The molecular formula is C22H21N5O3. The molecule has 0 bridgehead atoms. The third kappa shape index (κ3) is 3.35. The molecule has 0 spiro atoms. The van der Waals surface area contributed by atoms with Crippen molar-refractivity contribution < 1.29 is 14.1 Å². The smallest absolute Gasteiger partial charge is 0.274 e. The van der Waals surface area contributed by atoms with E-state index in [1.807, 2.05) is 56.4 Å². The van der Waals surface area contributed by atoms with Crippen LogP contribution in [0, 0.1) is 6.92 Å². The molecule has 8 heteroatoms. The minimum atomic E-state index is -0.236. The first-order valence-electron chi connectivity index (χ1n) is 9.93. The summed E-state index contributed by atoms with van der Waals surface area (Å²) in [5.41, 5.74) is 3.58. The summed E-state index contributed by atoms with van der Waals surface area (Å²) < 4.78 is 12.8. The highest BCUT2D eigenvalue weighted by molar-refractivity contribution is 6.04. The van der Waals surface area contributed by atoms with Crippen LogP contribution in [0.3, 0.4) is 0 Å². The van der Waals surface area contributed by atoms with Gasteiger partial charge in [-0.2, -0.15) is 4.98 Å². The zero-order valence-electron chi connectivity index (χ0n) is 16.7. The molecule has 1 saturated carbocycles. The molecule has 2 unspecified atom stereocenters. The van der Waals surface area contributed by atoms with Crippen LogP contribution < -0.4 is 5.32 Å². The summed E-state index contributed by atoms with van der Waals surface area (Å²) in [6.45, 7) is 4.59. The van der Waals surface area contributed by atoms with Gasteiger partial charge in [-0.05, 0) is 44.0 Å². The summed E-state index contributed by atoms with van der Waals surface area (Å²) in [7, 11) is 0. The Morgan fingerprint density at radius 1 is 1.33 bits per heavy atom. The predicted octanol–water partition coefficient (Wildman–Crippen LogP) is 3.84. The number of aryl methyl sites for hydroxylation is 1. The third-order valence-corrected chi connectivity index (χ3v) is 5.27. The molecule has 1 fully saturated rings. The van der Waals surface area contributed by atoms with E-state index in [0.29, 0.717) is 29.7 Å². The first-order valence-corrected chi connectivity index (χ1v) is 9.93. The molecule has 0 aliphatic heterocycles. The van der Waals surface area contributed by atoms with Crippen molar-refractivity contribution in [1.82, 2.24) is 19.5 Å². The van der Waals surface area contributed by atoms with Crippen molar-refractivity contribution in [3.05, 3.63) is 65.9 Å². The zero-order chi connectivity index (χ0) is 20.7. The Hall–Kier alpha value is -3.52. The van der Waals surface area contributed by atoms with Gasteiger partial charge in [-0.1, -0.05) is 23.4 Å². The normalized spacial score (nSPS) is 17.9. The van der Waals surface area contributed by atoms with Gasteiger partial charge in [-0.25, -0.2) is 4.98 Å². The van der Waals surface area contributed by atoms with E-state index in [1.54, 1.807) is 10.6 Å². The summed E-state index contributed by atoms with van der Waals surface area (Å²) in [6, 6.07) is 11.3. The second-order valence-corrected chi connectivity index (χ2v) is 7.35. The Morgan fingerprint density at radius 3 is 3.10 bits per heavy atom. The Balaban J connectivity index is 1.38. The van der Waals surface area contributed by atoms with Gasteiger partial charge in [0.2, 0.25) is 11.7 Å². The van der Waals surface area contributed by atoms with Crippen LogP contribution in [0.25, 0.3) is 17.0 Å². The van der Waals surface area contributed by atoms with E-state index in [-0.39, 0.29) is 17.9 Å². The van der Waals surface area contributed by atoms with E-state index in [1.165, 1.54) is 0 Å². The number of benzene rings is 1. The molecule has 0 radical (unpaired) electrons. The van der Waals surface area contributed by atoms with Crippen LogP contribution in [-0.4, -0.2) is 38.1 Å². The molecule has 1 aliphatic rings. The van der Waals surface area contributed by atoms with Crippen LogP contribution in [0.4, 0.5) is 5.69 Å². The third-order valence-electron chi connectivity index (χ3n) is 5.27. The fourth-order valence-electron chi connectivity index (χ4n) is 3.52. The van der Waals surface area contributed by atoms with Crippen LogP contribution in [-0.2, 0) is 4.74 Å². The van der Waals surface area contributed by atoms with Crippen LogP contribution in [0.5, 0.6) is 0 Å². The van der Waals surface area contributed by atoms with E-state index < -0.39 is 0 Å². The molecule has 1 aliphatic carbocycles. The molecule has 4 aromatic rings. The highest BCUT2D eigenvalue weighted by atomic mass is 16.5. The highest BCUT2D eigenvalue weighted by Crippen LogP contribution is 2.43. The topological polar surface area (TPSA) is 94.5 Å². The maximum Gasteiger partial charge on any atom is 0.274 e. The molecular weight excluding hydrogens is 382 g/mol. The van der Waals surface area contributed by atoms with Crippen molar-refractivity contribution in [3.63, 3.8) is 0 Å². The number of fused-ring (bicyclic) bond motifs is 1. The van der Waals surface area contributed by atoms with E-state index in [0.717, 1.165) is 23.2 Å². The molecule has 1 N–H and O–H groups in total. The Morgan fingerprint density at radius 2 is 2.23 bits per heavy atom. The molecule has 1 aromatic carbocycles. The molecule has 0 saturated heterocycles. The summed E-state index contributed by atoms with van der Waals surface area (Å²) in [5.74, 6) is 1.03. The van der Waals surface area contributed by atoms with Gasteiger partial charge in [-0.3, -0.25) is 9.20 Å². The quantitative estimate of drug-likeness (QED) is 0.526. The van der Waals surface area contributed by atoms with Gasteiger partial charge in [0.05, 0.1) is 18.2 Å². The van der Waals surface area contributed by atoms with Crippen LogP contribution >= 0.6 is 0 Å². The fourth-order valence-corrected chi connectivity index (χ4v) is 3.52. The van der Waals surface area contributed by atoms with E-state index >= 15 is 0 Å². The molecule has 8 nitrogen and oxygen atoms in total. The molecule has 5 rings (SSSR count). The number of carbonyl (C=O) groups is 1. The van der Waals surface area contributed by atoms with Gasteiger partial charge in [0.15, 0.2) is 0 Å². The van der Waals surface area contributed by atoms with Crippen molar-refractivity contribution in [2.45, 2.75) is 32.3 Å². The van der Waals surface area contributed by atoms with Crippen LogP contribution in [0.15, 0.2) is 53.3 Å². The number of ether oxygens (including phenoxy) is 1. The predicted molar refractivity (Wildman–Crippen MR) is 110 cm³/mol. The first kappa shape index (κ1) is 18.5. The number of anilines is 1. The number of nitrogens with zero attached hydrogens (tertiary/aromatic N) is 4. The highest BCUT2D eigenvalue weighted by Gasteiger charge is 2.43. The van der Waals surface area contributed by atoms with Gasteiger partial charge in [0.25, 0.3) is 5.91 Å². The number of imidazole rings is 1. The summed E-state index contributed by atoms with van der Waals surface area (Å²) in [5, 5.41) is 7.09. The maximum absolute atomic E-state index is 12.9. The number of amides is 1. The van der Waals surface area contributed by atoms with Crippen LogP contribution in [0.1, 0.15) is 41.2 Å². The van der Waals surface area contributed by atoms with E-state index in [2.05, 4.69) is 20.4 Å². The fraction of sp³-hybridized carbons (Fsp3) is 0.273. The summed E-state index contributed by atoms with van der Waals surface area (Å²) in [6.07, 6.45) is 4.46. The standard InChI is InChI=1S/C22H21N5O3/c1-3-29-18-11-15(18)22-25-20(26-30-22)14-8-7-13(2)16(10-14)24-21(28)17-12-23-19-6-4-5-9-27(17)19/h4-10,12,15,18H,3,11H2,1-2H3,(H,24,28). The molecule has 1 amide bonds. The number of pyridine rings is 1. The Labute approximate surface area is 172 Å². The maximum atomic E-state index is 12.9. The van der Waals surface area contributed by atoms with Crippen molar-refractivity contribution in [2.24, 2.45) is 0 Å². The van der Waals surface area contributed by atoms with Gasteiger partial charge in [0, 0.05) is 24.1 Å². The monoisotopic (exact) mass is 403 g/mol. The lowest BCUT2D eigenvalue weighted by atomic mass is 10.1. The molecule has 3 aromatic heterocycles. The zero-order valence-corrected chi connectivity index (χ0v) is 16.7. The average Bonchev–Trinajstić information content (AvgIpc) is 3.16. The van der Waals surface area contributed by atoms with E-state index in [4.69, 9.17) is 9.26 Å². The van der Waals surface area contributed by atoms with Crippen molar-refractivity contribution in [3.8, 4) is 11.4 Å². The number of aromatic nitrogens is 4. The lowest BCUT2D eigenvalue weighted by Gasteiger charge is -2.09. The largest absolute Gasteiger partial charge is 0.378 e. The number of rotatable bonds is 6. The molecule has 30 heavy (non-hydrogen) atoms. The Kier molecular flexibility index (Phi) is 4.55. The van der Waals surface area contributed by atoms with Gasteiger partial charge in [0.1, 0.15) is 11.3 Å². The first-order chi connectivity index (χ1) is 14.6. The molecule has 2 atom stereocenters. The van der Waals surface area contributed by atoms with Gasteiger partial charge in [-0.15, -0.1) is 0 Å². The Bertz CT molecular complexity index is 1230. The number of nitrogens with one attached hydrogen (secondary N) is 1. The number of hydrogen-bond donors (Lipinski definition) is 1. The summed E-state index contributed by atoms with van der Waals surface area (Å²) >= 11 is 0. The second-order valence-electron chi connectivity index (χ2n) is 7.35. The van der Waals surface area contributed by atoms with Crippen molar-refractivity contribution in [1.29, 1.82) is 0 Å². The second kappa shape index (κ2) is 7.38. The SMILES string of the molecule is CCOC1CC1c1nc(-c2ccc(C)c(NC(=O)c3cnc4ccccn34)c2)no1. The van der Waals surface area contributed by atoms with Crippen LogP contribution in [0.2, 0.25) is 0 Å². The van der Waals surface area contributed by atoms with Crippen molar-refractivity contribution in [2.75, 3.05) is 11.9 Å². The molecule has 152 valence electrons. The molecule has 3 heterocycles. The van der Waals surface area contributed by atoms with Gasteiger partial charge < -0.3 is 14.6 Å². The number of hydrogen-bond acceptors (Lipinski definition) is 6. The minimum absolute atomic E-state index is 0.168. The van der Waals surface area contributed by atoms with E-state index in [9.17, 15) is 4.79 Å². The minimum Gasteiger partial charge on any atom is -0.378 e. The summed E-state index contributed by atoms with van der Waals surface area (Å²) in [4.78, 5) is 21.7. The van der Waals surface area contributed by atoms with Gasteiger partial charge >= 0.3 is 0 Å². The number of carbonyl (C=O) groups excluding carboxylic acids is 1. The lowest BCUT2D eigenvalue weighted by Crippen LogP contribution is -2.15. The average molecular weight is 403 g/mol.